The van der Waals surface area contributed by atoms with E-state index in [1.165, 1.54) is 0 Å². The van der Waals surface area contributed by atoms with Gasteiger partial charge in [-0.1, -0.05) is 23.7 Å². The van der Waals surface area contributed by atoms with Gasteiger partial charge in [0.05, 0.1) is 30.1 Å². The van der Waals surface area contributed by atoms with E-state index in [0.717, 1.165) is 22.6 Å². The van der Waals surface area contributed by atoms with Crippen LogP contribution in [0, 0.1) is 6.92 Å². The molecule has 0 amide bonds. The van der Waals surface area contributed by atoms with Gasteiger partial charge >= 0.3 is 0 Å². The van der Waals surface area contributed by atoms with Gasteiger partial charge < -0.3 is 10.5 Å². The number of methoxy groups -OCH3 is 1. The fraction of sp³-hybridized carbons (Fsp3) is 0.308. The third-order valence-electron chi connectivity index (χ3n) is 3.02. The molecule has 0 spiro atoms. The van der Waals surface area contributed by atoms with Gasteiger partial charge in [-0.05, 0) is 24.1 Å². The predicted molar refractivity (Wildman–Crippen MR) is 72.0 cm³/mol. The molecule has 1 unspecified atom stereocenters. The molecule has 0 radical (unpaired) electrons. The van der Waals surface area contributed by atoms with Crippen molar-refractivity contribution in [2.24, 2.45) is 12.8 Å². The average molecular weight is 266 g/mol. The highest BCUT2D eigenvalue weighted by Crippen LogP contribution is 2.29. The van der Waals surface area contributed by atoms with E-state index in [4.69, 9.17) is 22.1 Å². The molecule has 18 heavy (non-hydrogen) atoms. The highest BCUT2D eigenvalue weighted by Gasteiger charge is 2.17. The molecule has 1 atom stereocenters. The van der Waals surface area contributed by atoms with Crippen LogP contribution >= 0.6 is 11.6 Å². The first kappa shape index (κ1) is 12.9. The van der Waals surface area contributed by atoms with Crippen LogP contribution < -0.4 is 10.5 Å². The number of hydrogen-bond acceptors (Lipinski definition) is 3. The molecule has 96 valence electrons. The van der Waals surface area contributed by atoms with Crippen molar-refractivity contribution in [3.05, 3.63) is 46.2 Å². The van der Waals surface area contributed by atoms with E-state index in [1.54, 1.807) is 18.0 Å². The number of nitrogens with zero attached hydrogens (tertiary/aromatic N) is 2. The Morgan fingerprint density at radius 2 is 2.17 bits per heavy atom. The number of aromatic nitrogens is 2. The molecule has 2 rings (SSSR count). The van der Waals surface area contributed by atoms with Gasteiger partial charge in [0.2, 0.25) is 0 Å². The Labute approximate surface area is 111 Å². The number of halogens is 1. The largest absolute Gasteiger partial charge is 0.496 e. The van der Waals surface area contributed by atoms with E-state index >= 15 is 0 Å². The van der Waals surface area contributed by atoms with Crippen LogP contribution in [0.2, 0.25) is 5.02 Å². The number of hydrogen-bond donors (Lipinski definition) is 1. The Balaban J connectivity index is 2.43. The van der Waals surface area contributed by atoms with Crippen molar-refractivity contribution in [1.29, 1.82) is 0 Å². The molecule has 1 aromatic heterocycles. The minimum atomic E-state index is -0.320. The third kappa shape index (κ3) is 2.21. The second-order valence-corrected chi connectivity index (χ2v) is 4.62. The molecule has 0 saturated carbocycles. The van der Waals surface area contributed by atoms with Gasteiger partial charge in [-0.25, -0.2) is 0 Å². The van der Waals surface area contributed by atoms with Crippen LogP contribution in [0.4, 0.5) is 0 Å². The predicted octanol–water partition coefficient (Wildman–Crippen LogP) is 2.44. The lowest BCUT2D eigenvalue weighted by Gasteiger charge is -2.15. The lowest BCUT2D eigenvalue weighted by atomic mass is 10.0. The lowest BCUT2D eigenvalue weighted by Crippen LogP contribution is -2.16. The van der Waals surface area contributed by atoms with Crippen molar-refractivity contribution in [2.45, 2.75) is 13.0 Å². The molecule has 0 bridgehead atoms. The van der Waals surface area contributed by atoms with Gasteiger partial charge in [0, 0.05) is 7.05 Å². The minimum Gasteiger partial charge on any atom is -0.496 e. The summed E-state index contributed by atoms with van der Waals surface area (Å²) in [4.78, 5) is 0. The minimum absolute atomic E-state index is 0.320. The van der Waals surface area contributed by atoms with Crippen LogP contribution in [-0.2, 0) is 7.05 Å². The molecule has 1 aromatic carbocycles. The lowest BCUT2D eigenvalue weighted by molar-refractivity contribution is 0.411. The average Bonchev–Trinajstić information content (AvgIpc) is 2.69. The summed E-state index contributed by atoms with van der Waals surface area (Å²) in [5.74, 6) is 0.821. The van der Waals surface area contributed by atoms with Crippen LogP contribution in [0.15, 0.2) is 24.4 Å². The van der Waals surface area contributed by atoms with E-state index in [1.807, 2.05) is 32.2 Å². The van der Waals surface area contributed by atoms with Crippen LogP contribution in [0.3, 0.4) is 0 Å². The maximum absolute atomic E-state index is 6.24. The highest BCUT2D eigenvalue weighted by molar-refractivity contribution is 6.31. The topological polar surface area (TPSA) is 53.1 Å². The zero-order valence-electron chi connectivity index (χ0n) is 10.6. The Bertz CT molecular complexity index is 546. The summed E-state index contributed by atoms with van der Waals surface area (Å²) in [6.45, 7) is 1.99. The van der Waals surface area contributed by atoms with Crippen LogP contribution in [0.5, 0.6) is 5.75 Å². The fourth-order valence-electron chi connectivity index (χ4n) is 1.96. The van der Waals surface area contributed by atoms with Gasteiger partial charge in [-0.15, -0.1) is 0 Å². The van der Waals surface area contributed by atoms with Gasteiger partial charge in [0.25, 0.3) is 0 Å². The van der Waals surface area contributed by atoms with Crippen molar-refractivity contribution in [1.82, 2.24) is 9.78 Å². The normalized spacial score (nSPS) is 12.5. The molecule has 4 nitrogen and oxygen atoms in total. The smallest absolute Gasteiger partial charge is 0.122 e. The maximum atomic E-state index is 6.24. The summed E-state index contributed by atoms with van der Waals surface area (Å²) in [5.41, 5.74) is 9.05. The van der Waals surface area contributed by atoms with Crippen molar-refractivity contribution in [3.8, 4) is 5.75 Å². The Morgan fingerprint density at radius 3 is 2.72 bits per heavy atom. The summed E-state index contributed by atoms with van der Waals surface area (Å²) in [6.07, 6.45) is 1.60. The molecule has 2 N–H and O–H groups in total. The van der Waals surface area contributed by atoms with Crippen LogP contribution in [0.25, 0.3) is 0 Å². The quantitative estimate of drug-likeness (QED) is 0.927. The first-order chi connectivity index (χ1) is 8.54. The molecule has 0 fully saturated rings. The standard InChI is InChI=1S/C13H16ClN3O/c1-8-4-5-9(6-11(8)18-3)12(15)13-10(14)7-16-17(13)2/h4-7,12H,15H2,1-3H3. The highest BCUT2D eigenvalue weighted by atomic mass is 35.5. The number of ether oxygens (including phenoxy) is 1. The molecule has 5 heteroatoms. The Hall–Kier alpha value is -1.52. The van der Waals surface area contributed by atoms with E-state index in [2.05, 4.69) is 5.10 Å². The van der Waals surface area contributed by atoms with Crippen molar-refractivity contribution >= 4 is 11.6 Å². The summed E-state index contributed by atoms with van der Waals surface area (Å²) < 4.78 is 7.00. The van der Waals surface area contributed by atoms with Crippen molar-refractivity contribution in [2.75, 3.05) is 7.11 Å². The first-order valence-corrected chi connectivity index (χ1v) is 6.00. The van der Waals surface area contributed by atoms with Crippen LogP contribution in [0.1, 0.15) is 22.9 Å². The fourth-order valence-corrected chi connectivity index (χ4v) is 2.24. The third-order valence-corrected chi connectivity index (χ3v) is 3.31. The van der Waals surface area contributed by atoms with Crippen molar-refractivity contribution in [3.63, 3.8) is 0 Å². The molecule has 2 aromatic rings. The molecular formula is C13H16ClN3O. The summed E-state index contributed by atoms with van der Waals surface area (Å²) in [5, 5.41) is 4.67. The summed E-state index contributed by atoms with van der Waals surface area (Å²) in [6, 6.07) is 5.58. The second-order valence-electron chi connectivity index (χ2n) is 4.21. The molecule has 0 aliphatic rings. The summed E-state index contributed by atoms with van der Waals surface area (Å²) in [7, 11) is 3.47. The van der Waals surface area contributed by atoms with Gasteiger partial charge in [0.15, 0.2) is 0 Å². The van der Waals surface area contributed by atoms with Gasteiger partial charge in [-0.2, -0.15) is 5.10 Å². The Morgan fingerprint density at radius 1 is 1.44 bits per heavy atom. The molecule has 1 heterocycles. The van der Waals surface area contributed by atoms with E-state index in [0.29, 0.717) is 5.02 Å². The zero-order chi connectivity index (χ0) is 13.3. The summed E-state index contributed by atoms with van der Waals surface area (Å²) >= 11 is 6.10. The molecular weight excluding hydrogens is 250 g/mol. The van der Waals surface area contributed by atoms with E-state index < -0.39 is 0 Å². The number of benzene rings is 1. The van der Waals surface area contributed by atoms with E-state index in [-0.39, 0.29) is 6.04 Å². The SMILES string of the molecule is COc1cc(C(N)c2c(Cl)cnn2C)ccc1C. The van der Waals surface area contributed by atoms with Crippen molar-refractivity contribution < 1.29 is 4.74 Å². The number of nitrogens with two attached hydrogens (primary N) is 1. The number of aryl methyl sites for hydroxylation is 2. The van der Waals surface area contributed by atoms with Crippen LogP contribution in [-0.4, -0.2) is 16.9 Å². The molecule has 0 aliphatic carbocycles. The monoisotopic (exact) mass is 265 g/mol. The molecule has 0 aliphatic heterocycles. The van der Waals surface area contributed by atoms with E-state index in [9.17, 15) is 0 Å². The number of rotatable bonds is 3. The van der Waals surface area contributed by atoms with Gasteiger partial charge in [-0.3, -0.25) is 4.68 Å². The molecule has 0 saturated heterocycles. The van der Waals surface area contributed by atoms with Gasteiger partial charge in [0.1, 0.15) is 5.75 Å². The first-order valence-electron chi connectivity index (χ1n) is 5.62. The second kappa shape index (κ2) is 5.00. The zero-order valence-corrected chi connectivity index (χ0v) is 11.4. The maximum Gasteiger partial charge on any atom is 0.122 e. The Kier molecular flexibility index (Phi) is 3.59.